The maximum atomic E-state index is 10.2. The highest BCUT2D eigenvalue weighted by molar-refractivity contribution is 5.07. The fraction of sp³-hybridized carbons (Fsp3) is 0.667. The Balaban J connectivity index is 1.83. The van der Waals surface area contributed by atoms with E-state index in [0.717, 1.165) is 31.9 Å². The van der Waals surface area contributed by atoms with E-state index in [2.05, 4.69) is 35.6 Å². The lowest BCUT2D eigenvalue weighted by molar-refractivity contribution is 0.0353. The van der Waals surface area contributed by atoms with E-state index < -0.39 is 6.10 Å². The van der Waals surface area contributed by atoms with Crippen LogP contribution in [0.15, 0.2) is 24.4 Å². The van der Waals surface area contributed by atoms with Crippen LogP contribution in [0.4, 0.5) is 0 Å². The van der Waals surface area contributed by atoms with Crippen LogP contribution in [0.25, 0.3) is 0 Å². The second-order valence-electron chi connectivity index (χ2n) is 6.23. The van der Waals surface area contributed by atoms with Crippen LogP contribution in [0.2, 0.25) is 0 Å². The van der Waals surface area contributed by atoms with Crippen molar-refractivity contribution in [1.82, 2.24) is 14.8 Å². The largest absolute Gasteiger partial charge is 0.385 e. The first-order valence-electron chi connectivity index (χ1n) is 7.03. The zero-order valence-electron chi connectivity index (χ0n) is 12.2. The fourth-order valence-electron chi connectivity index (χ4n) is 2.51. The Hall–Kier alpha value is -0.970. The molecule has 0 amide bonds. The topological polar surface area (TPSA) is 39.6 Å². The molecule has 4 nitrogen and oxygen atoms in total. The van der Waals surface area contributed by atoms with Crippen molar-refractivity contribution in [1.29, 1.82) is 0 Å². The van der Waals surface area contributed by atoms with Crippen molar-refractivity contribution in [2.45, 2.75) is 32.4 Å². The molecule has 1 aliphatic rings. The van der Waals surface area contributed by atoms with Gasteiger partial charge in [0.25, 0.3) is 0 Å². The molecule has 1 unspecified atom stereocenters. The van der Waals surface area contributed by atoms with Gasteiger partial charge in [-0.15, -0.1) is 0 Å². The van der Waals surface area contributed by atoms with E-state index in [9.17, 15) is 5.11 Å². The smallest absolute Gasteiger partial charge is 0.109 e. The molecule has 1 aliphatic heterocycles. The lowest BCUT2D eigenvalue weighted by atomic mass is 10.0. The van der Waals surface area contributed by atoms with E-state index in [4.69, 9.17) is 0 Å². The number of β-amino-alcohol motifs (C(OH)–C–C–N with tert-alkyl or cyclic N) is 1. The average Bonchev–Trinajstić information content (AvgIpc) is 2.39. The van der Waals surface area contributed by atoms with Crippen molar-refractivity contribution in [2.75, 3.05) is 32.7 Å². The molecule has 4 heteroatoms. The lowest BCUT2D eigenvalue weighted by Gasteiger charge is -2.42. The van der Waals surface area contributed by atoms with Gasteiger partial charge in [0.2, 0.25) is 0 Å². The van der Waals surface area contributed by atoms with Gasteiger partial charge in [-0.3, -0.25) is 14.8 Å². The van der Waals surface area contributed by atoms with Crippen LogP contribution in [-0.2, 0) is 0 Å². The first-order chi connectivity index (χ1) is 8.97. The minimum absolute atomic E-state index is 0.242. The van der Waals surface area contributed by atoms with Crippen molar-refractivity contribution in [3.63, 3.8) is 0 Å². The van der Waals surface area contributed by atoms with Gasteiger partial charge in [-0.25, -0.2) is 0 Å². The molecule has 0 spiro atoms. The van der Waals surface area contributed by atoms with Crippen LogP contribution in [0, 0.1) is 0 Å². The number of rotatable bonds is 3. The number of aliphatic hydroxyl groups excluding tert-OH is 1. The number of hydrogen-bond acceptors (Lipinski definition) is 4. The molecule has 2 heterocycles. The Kier molecular flexibility index (Phi) is 4.55. The summed E-state index contributed by atoms with van der Waals surface area (Å²) < 4.78 is 0. The Morgan fingerprint density at radius 1 is 1.21 bits per heavy atom. The molecular weight excluding hydrogens is 238 g/mol. The van der Waals surface area contributed by atoms with Gasteiger partial charge < -0.3 is 5.11 Å². The molecule has 1 aromatic rings. The summed E-state index contributed by atoms with van der Waals surface area (Å²) in [4.78, 5) is 9.03. The third-order valence-corrected chi connectivity index (χ3v) is 3.78. The number of aromatic nitrogens is 1. The summed E-state index contributed by atoms with van der Waals surface area (Å²) in [6, 6.07) is 5.68. The van der Waals surface area contributed by atoms with Crippen LogP contribution in [0.3, 0.4) is 0 Å². The Labute approximate surface area is 116 Å². The number of hydrogen-bond donors (Lipinski definition) is 1. The van der Waals surface area contributed by atoms with Gasteiger partial charge >= 0.3 is 0 Å². The monoisotopic (exact) mass is 263 g/mol. The van der Waals surface area contributed by atoms with Crippen LogP contribution in [-0.4, -0.2) is 58.2 Å². The van der Waals surface area contributed by atoms with Crippen molar-refractivity contribution >= 4 is 0 Å². The predicted molar refractivity (Wildman–Crippen MR) is 77.0 cm³/mol. The second-order valence-corrected chi connectivity index (χ2v) is 6.23. The van der Waals surface area contributed by atoms with Crippen molar-refractivity contribution in [3.05, 3.63) is 30.1 Å². The molecule has 1 fully saturated rings. The highest BCUT2D eigenvalue weighted by atomic mass is 16.3. The van der Waals surface area contributed by atoms with Crippen molar-refractivity contribution in [3.8, 4) is 0 Å². The molecule has 19 heavy (non-hydrogen) atoms. The molecular formula is C15H25N3O. The minimum Gasteiger partial charge on any atom is -0.385 e. The van der Waals surface area contributed by atoms with Crippen LogP contribution >= 0.6 is 0 Å². The zero-order chi connectivity index (χ0) is 13.9. The second kappa shape index (κ2) is 5.99. The molecule has 0 aliphatic carbocycles. The van der Waals surface area contributed by atoms with Crippen LogP contribution in [0.1, 0.15) is 32.6 Å². The summed E-state index contributed by atoms with van der Waals surface area (Å²) in [7, 11) is 0. The molecule has 0 bridgehead atoms. The van der Waals surface area contributed by atoms with E-state index in [-0.39, 0.29) is 5.54 Å². The van der Waals surface area contributed by atoms with Gasteiger partial charge in [0.1, 0.15) is 6.10 Å². The number of nitrogens with zero attached hydrogens (tertiary/aromatic N) is 3. The van der Waals surface area contributed by atoms with Gasteiger partial charge in [-0.2, -0.15) is 0 Å². The molecule has 106 valence electrons. The highest BCUT2D eigenvalue weighted by Crippen LogP contribution is 2.17. The minimum atomic E-state index is -0.484. The maximum absolute atomic E-state index is 10.2. The molecule has 1 saturated heterocycles. The zero-order valence-corrected chi connectivity index (χ0v) is 12.2. The summed E-state index contributed by atoms with van der Waals surface area (Å²) in [5.41, 5.74) is 1.01. The summed E-state index contributed by atoms with van der Waals surface area (Å²) in [6.07, 6.45) is 1.25. The average molecular weight is 263 g/mol. The molecule has 0 radical (unpaired) electrons. The first kappa shape index (κ1) is 14.4. The summed E-state index contributed by atoms with van der Waals surface area (Å²) in [5.74, 6) is 0. The van der Waals surface area contributed by atoms with Crippen LogP contribution < -0.4 is 0 Å². The lowest BCUT2D eigenvalue weighted by Crippen LogP contribution is -2.53. The number of piperazine rings is 1. The van der Waals surface area contributed by atoms with E-state index in [1.165, 1.54) is 0 Å². The Morgan fingerprint density at radius 3 is 2.42 bits per heavy atom. The molecule has 1 aromatic heterocycles. The summed E-state index contributed by atoms with van der Waals surface area (Å²) >= 11 is 0. The van der Waals surface area contributed by atoms with E-state index >= 15 is 0 Å². The first-order valence-corrected chi connectivity index (χ1v) is 7.03. The normalized spacial score (nSPS) is 20.4. The molecule has 0 aromatic carbocycles. The van der Waals surface area contributed by atoms with Gasteiger partial charge in [0, 0.05) is 44.5 Å². The number of aliphatic hydroxyl groups is 1. The summed E-state index contributed by atoms with van der Waals surface area (Å²) in [6.45, 7) is 11.6. The van der Waals surface area contributed by atoms with Gasteiger partial charge in [-0.05, 0) is 32.9 Å². The maximum Gasteiger partial charge on any atom is 0.109 e. The Bertz CT molecular complexity index is 380. The SMILES string of the molecule is CC(C)(C)N1CCN(CC(O)c2ccccn2)CC1. The van der Waals surface area contributed by atoms with Gasteiger partial charge in [-0.1, -0.05) is 6.07 Å². The predicted octanol–water partition coefficient (Wildman–Crippen LogP) is 1.53. The fourth-order valence-corrected chi connectivity index (χ4v) is 2.51. The quantitative estimate of drug-likeness (QED) is 0.898. The Morgan fingerprint density at radius 2 is 1.89 bits per heavy atom. The van der Waals surface area contributed by atoms with Crippen molar-refractivity contribution < 1.29 is 5.11 Å². The van der Waals surface area contributed by atoms with Gasteiger partial charge in [0.05, 0.1) is 5.69 Å². The molecule has 1 atom stereocenters. The molecule has 0 saturated carbocycles. The molecule has 2 rings (SSSR count). The molecule has 1 N–H and O–H groups in total. The van der Waals surface area contributed by atoms with E-state index in [1.807, 2.05) is 18.2 Å². The van der Waals surface area contributed by atoms with Crippen molar-refractivity contribution in [2.24, 2.45) is 0 Å². The third kappa shape index (κ3) is 4.00. The summed E-state index contributed by atoms with van der Waals surface area (Å²) in [5, 5.41) is 10.2. The standard InChI is InChI=1S/C15H25N3O/c1-15(2,3)18-10-8-17(9-11-18)12-14(19)13-6-4-5-7-16-13/h4-7,14,19H,8-12H2,1-3H3. The van der Waals surface area contributed by atoms with Crippen LogP contribution in [0.5, 0.6) is 0 Å². The van der Waals surface area contributed by atoms with E-state index in [1.54, 1.807) is 6.20 Å². The third-order valence-electron chi connectivity index (χ3n) is 3.78. The number of pyridine rings is 1. The highest BCUT2D eigenvalue weighted by Gasteiger charge is 2.26. The van der Waals surface area contributed by atoms with Gasteiger partial charge in [0.15, 0.2) is 0 Å². The van der Waals surface area contributed by atoms with E-state index in [0.29, 0.717) is 6.54 Å².